The number of nitrogens with zero attached hydrogens (tertiary/aromatic N) is 1. The summed E-state index contributed by atoms with van der Waals surface area (Å²) in [5.74, 6) is 4.04. The Kier molecular flexibility index (Phi) is 3.95. The van der Waals surface area contributed by atoms with Crippen LogP contribution in [0.4, 0.5) is 14.5 Å². The van der Waals surface area contributed by atoms with Crippen molar-refractivity contribution >= 4 is 11.6 Å². The number of amides is 1. The second kappa shape index (κ2) is 5.66. The zero-order valence-electron chi connectivity index (χ0n) is 10.6. The summed E-state index contributed by atoms with van der Waals surface area (Å²) >= 11 is 0. The van der Waals surface area contributed by atoms with E-state index in [2.05, 4.69) is 0 Å². The molecule has 104 valence electrons. The van der Waals surface area contributed by atoms with Crippen molar-refractivity contribution in [2.24, 2.45) is 5.84 Å². The highest BCUT2D eigenvalue weighted by Gasteiger charge is 2.16. The molecular weight excluding hydrogens is 266 g/mol. The van der Waals surface area contributed by atoms with Crippen LogP contribution in [-0.2, 0) is 0 Å². The van der Waals surface area contributed by atoms with Crippen molar-refractivity contribution in [1.82, 2.24) is 0 Å². The molecule has 1 amide bonds. The van der Waals surface area contributed by atoms with Gasteiger partial charge in [-0.1, -0.05) is 0 Å². The molecule has 2 rings (SSSR count). The third kappa shape index (κ3) is 2.75. The molecule has 0 spiro atoms. The first kappa shape index (κ1) is 14.0. The van der Waals surface area contributed by atoms with Crippen molar-refractivity contribution in [2.45, 2.75) is 0 Å². The number of benzene rings is 2. The maximum atomic E-state index is 13.6. The van der Waals surface area contributed by atoms with Crippen molar-refractivity contribution < 1.29 is 18.3 Å². The van der Waals surface area contributed by atoms with Crippen LogP contribution in [0.3, 0.4) is 0 Å². The molecule has 20 heavy (non-hydrogen) atoms. The minimum atomic E-state index is -0.632. The van der Waals surface area contributed by atoms with E-state index < -0.39 is 17.5 Å². The number of hydrogen-bond acceptors (Lipinski definition) is 3. The molecule has 2 aromatic carbocycles. The summed E-state index contributed by atoms with van der Waals surface area (Å²) in [6.07, 6.45) is 0. The highest BCUT2D eigenvalue weighted by Crippen LogP contribution is 2.23. The Morgan fingerprint density at radius 3 is 2.35 bits per heavy atom. The van der Waals surface area contributed by atoms with Gasteiger partial charge in [-0.15, -0.1) is 0 Å². The maximum Gasteiger partial charge on any atom is 0.272 e. The van der Waals surface area contributed by atoms with E-state index in [9.17, 15) is 13.6 Å². The van der Waals surface area contributed by atoms with E-state index in [1.54, 1.807) is 0 Å². The van der Waals surface area contributed by atoms with Crippen molar-refractivity contribution in [1.29, 1.82) is 0 Å². The number of hydrazine groups is 1. The van der Waals surface area contributed by atoms with Gasteiger partial charge in [-0.3, -0.25) is 4.79 Å². The van der Waals surface area contributed by atoms with Crippen molar-refractivity contribution in [2.75, 3.05) is 12.1 Å². The van der Waals surface area contributed by atoms with Crippen molar-refractivity contribution in [3.8, 4) is 5.75 Å². The summed E-state index contributed by atoms with van der Waals surface area (Å²) in [4.78, 5) is 12.0. The number of hydrogen-bond donors (Lipinski definition) is 1. The average Bonchev–Trinajstić information content (AvgIpc) is 2.46. The molecule has 0 heterocycles. The van der Waals surface area contributed by atoms with Gasteiger partial charge in [0.05, 0.1) is 12.8 Å². The molecule has 0 aliphatic carbocycles. The predicted octanol–water partition coefficient (Wildman–Crippen LogP) is 2.49. The van der Waals surface area contributed by atoms with E-state index in [0.29, 0.717) is 0 Å². The van der Waals surface area contributed by atoms with Crippen LogP contribution >= 0.6 is 0 Å². The number of carbonyl (C=O) groups is 1. The largest absolute Gasteiger partial charge is 0.494 e. The number of ether oxygens (including phenoxy) is 1. The number of anilines is 1. The molecule has 6 heteroatoms. The molecule has 0 aromatic heterocycles. The fourth-order valence-electron chi connectivity index (χ4n) is 1.65. The topological polar surface area (TPSA) is 55.6 Å². The average molecular weight is 278 g/mol. The Hall–Kier alpha value is -2.47. The SMILES string of the molecule is COc1ccc(N(N)C(=O)c2ccc(F)cc2)cc1F. The monoisotopic (exact) mass is 278 g/mol. The molecule has 0 radical (unpaired) electrons. The summed E-state index contributed by atoms with van der Waals surface area (Å²) in [5, 5.41) is 0.787. The first-order valence-electron chi connectivity index (χ1n) is 5.71. The molecule has 0 bridgehead atoms. The highest BCUT2D eigenvalue weighted by molar-refractivity contribution is 6.05. The molecule has 2 aromatic rings. The number of halogens is 2. The number of rotatable bonds is 3. The third-order valence-corrected chi connectivity index (χ3v) is 2.72. The van der Waals surface area contributed by atoms with Crippen LogP contribution in [0.5, 0.6) is 5.75 Å². The van der Waals surface area contributed by atoms with Gasteiger partial charge in [0.25, 0.3) is 5.91 Å². The highest BCUT2D eigenvalue weighted by atomic mass is 19.1. The second-order valence-corrected chi connectivity index (χ2v) is 4.00. The minimum absolute atomic E-state index is 0.0522. The van der Waals surface area contributed by atoms with Gasteiger partial charge < -0.3 is 4.74 Å². The quantitative estimate of drug-likeness (QED) is 0.533. The van der Waals surface area contributed by atoms with Crippen molar-refractivity contribution in [3.63, 3.8) is 0 Å². The summed E-state index contributed by atoms with van der Waals surface area (Å²) in [5.41, 5.74) is 0.364. The Balaban J connectivity index is 2.26. The molecule has 0 atom stereocenters. The fourth-order valence-corrected chi connectivity index (χ4v) is 1.65. The number of nitrogens with two attached hydrogens (primary N) is 1. The smallest absolute Gasteiger partial charge is 0.272 e. The zero-order valence-corrected chi connectivity index (χ0v) is 10.6. The molecule has 4 nitrogen and oxygen atoms in total. The lowest BCUT2D eigenvalue weighted by atomic mass is 10.2. The van der Waals surface area contributed by atoms with Gasteiger partial charge in [-0.05, 0) is 36.4 Å². The Morgan fingerprint density at radius 1 is 1.15 bits per heavy atom. The maximum absolute atomic E-state index is 13.6. The number of carbonyl (C=O) groups excluding carboxylic acids is 1. The van der Waals surface area contributed by atoms with Crippen molar-refractivity contribution in [3.05, 3.63) is 59.7 Å². The lowest BCUT2D eigenvalue weighted by Crippen LogP contribution is -2.37. The Bertz CT molecular complexity index is 630. The van der Waals surface area contributed by atoms with E-state index in [1.165, 1.54) is 31.4 Å². The van der Waals surface area contributed by atoms with Gasteiger partial charge in [0.15, 0.2) is 11.6 Å². The van der Waals surface area contributed by atoms with Crippen LogP contribution in [-0.4, -0.2) is 13.0 Å². The zero-order chi connectivity index (χ0) is 14.7. The molecule has 0 aliphatic rings. The van der Waals surface area contributed by atoms with Gasteiger partial charge in [-0.25, -0.2) is 19.6 Å². The normalized spacial score (nSPS) is 10.2. The minimum Gasteiger partial charge on any atom is -0.494 e. The van der Waals surface area contributed by atoms with Crippen LogP contribution < -0.4 is 15.6 Å². The number of methoxy groups -OCH3 is 1. The first-order valence-corrected chi connectivity index (χ1v) is 5.71. The van der Waals surface area contributed by atoms with E-state index >= 15 is 0 Å². The molecule has 0 aliphatic heterocycles. The van der Waals surface area contributed by atoms with E-state index in [0.717, 1.165) is 23.2 Å². The van der Waals surface area contributed by atoms with Gasteiger partial charge >= 0.3 is 0 Å². The molecule has 0 fully saturated rings. The predicted molar refractivity (Wildman–Crippen MR) is 70.3 cm³/mol. The Labute approximate surface area is 114 Å². The molecule has 0 saturated heterocycles. The lowest BCUT2D eigenvalue weighted by molar-refractivity contribution is 0.0987. The van der Waals surface area contributed by atoms with Gasteiger partial charge in [-0.2, -0.15) is 0 Å². The van der Waals surface area contributed by atoms with Crippen LogP contribution in [0.15, 0.2) is 42.5 Å². The van der Waals surface area contributed by atoms with Gasteiger partial charge in [0.1, 0.15) is 5.82 Å². The van der Waals surface area contributed by atoms with Gasteiger partial charge in [0, 0.05) is 11.6 Å². The van der Waals surface area contributed by atoms with E-state index in [-0.39, 0.29) is 17.0 Å². The standard InChI is InChI=1S/C14H12F2N2O2/c1-20-13-7-6-11(8-12(13)16)18(17)14(19)9-2-4-10(15)5-3-9/h2-8H,17H2,1H3. The third-order valence-electron chi connectivity index (χ3n) is 2.72. The van der Waals surface area contributed by atoms with Crippen LogP contribution in [0.25, 0.3) is 0 Å². The van der Waals surface area contributed by atoms with E-state index in [1.807, 2.05) is 0 Å². The summed E-state index contributed by atoms with van der Waals surface area (Å²) in [6.45, 7) is 0. The van der Waals surface area contributed by atoms with Crippen LogP contribution in [0, 0.1) is 11.6 Å². The Morgan fingerprint density at radius 2 is 1.80 bits per heavy atom. The second-order valence-electron chi connectivity index (χ2n) is 4.00. The molecule has 2 N–H and O–H groups in total. The molecule has 0 unspecified atom stereocenters. The van der Waals surface area contributed by atoms with Gasteiger partial charge in [0.2, 0.25) is 0 Å². The van der Waals surface area contributed by atoms with Crippen LogP contribution in [0.1, 0.15) is 10.4 Å². The van der Waals surface area contributed by atoms with E-state index in [4.69, 9.17) is 10.6 Å². The molecular formula is C14H12F2N2O2. The fraction of sp³-hybridized carbons (Fsp3) is 0.0714. The first-order chi connectivity index (χ1) is 9.52. The lowest BCUT2D eigenvalue weighted by Gasteiger charge is -2.17. The summed E-state index contributed by atoms with van der Waals surface area (Å²) in [7, 11) is 1.34. The summed E-state index contributed by atoms with van der Waals surface area (Å²) in [6, 6.07) is 8.80. The molecule has 0 saturated carbocycles. The summed E-state index contributed by atoms with van der Waals surface area (Å²) < 4.78 is 31.1. The van der Waals surface area contributed by atoms with Crippen LogP contribution in [0.2, 0.25) is 0 Å².